The summed E-state index contributed by atoms with van der Waals surface area (Å²) in [7, 11) is 0. The van der Waals surface area contributed by atoms with Gasteiger partial charge in [-0.15, -0.1) is 6.58 Å². The number of nitrogens with two attached hydrogens (primary N) is 1. The fourth-order valence-electron chi connectivity index (χ4n) is 5.75. The summed E-state index contributed by atoms with van der Waals surface area (Å²) in [5.74, 6) is -0.368. The molecule has 3 aromatic carbocycles. The Balaban J connectivity index is 1.46. The second kappa shape index (κ2) is 13.3. The summed E-state index contributed by atoms with van der Waals surface area (Å²) in [6, 6.07) is 23.7. The van der Waals surface area contributed by atoms with Gasteiger partial charge in [-0.3, -0.25) is 14.6 Å². The molecule has 0 spiro atoms. The molecule has 2 aliphatic heterocycles. The van der Waals surface area contributed by atoms with Gasteiger partial charge in [-0.2, -0.15) is 5.01 Å². The van der Waals surface area contributed by atoms with E-state index in [1.165, 1.54) is 5.01 Å². The first-order valence-electron chi connectivity index (χ1n) is 14.3. The number of hydrogen-bond donors (Lipinski definition) is 3. The highest BCUT2D eigenvalue weighted by Gasteiger charge is 2.52. The summed E-state index contributed by atoms with van der Waals surface area (Å²) in [6.45, 7) is 8.56. The number of amides is 4. The van der Waals surface area contributed by atoms with Gasteiger partial charge in [0.05, 0.1) is 31.0 Å². The van der Waals surface area contributed by atoms with Gasteiger partial charge in [-0.1, -0.05) is 85.5 Å². The quantitative estimate of drug-likeness (QED) is 0.237. The van der Waals surface area contributed by atoms with E-state index in [0.717, 1.165) is 16.7 Å². The molecule has 43 heavy (non-hydrogen) atoms. The maximum absolute atomic E-state index is 14.1. The van der Waals surface area contributed by atoms with Crippen LogP contribution in [0.15, 0.2) is 104 Å². The molecule has 10 heteroatoms. The largest absolute Gasteiger partial charge is 0.397 e. The number of piperazine rings is 1. The van der Waals surface area contributed by atoms with Crippen LogP contribution in [-0.4, -0.2) is 69.5 Å². The number of rotatable bonds is 11. The highest BCUT2D eigenvalue weighted by atomic mass is 16.2. The van der Waals surface area contributed by atoms with Crippen molar-refractivity contribution in [2.24, 2.45) is 0 Å². The van der Waals surface area contributed by atoms with Crippen molar-refractivity contribution in [3.63, 3.8) is 0 Å². The molecule has 0 radical (unpaired) electrons. The maximum atomic E-state index is 14.1. The van der Waals surface area contributed by atoms with Gasteiger partial charge in [-0.05, 0) is 29.0 Å². The number of nitrogens with one attached hydrogen (secondary N) is 2. The molecule has 4 amide bonds. The van der Waals surface area contributed by atoms with Gasteiger partial charge in [0, 0.05) is 19.5 Å². The van der Waals surface area contributed by atoms with Crippen LogP contribution in [0.3, 0.4) is 0 Å². The lowest BCUT2D eigenvalue weighted by Crippen LogP contribution is -2.66. The molecule has 3 aromatic rings. The van der Waals surface area contributed by atoms with E-state index in [1.807, 2.05) is 72.8 Å². The lowest BCUT2D eigenvalue weighted by atomic mass is 9.99. The van der Waals surface area contributed by atoms with Crippen LogP contribution in [0.4, 0.5) is 16.2 Å². The minimum Gasteiger partial charge on any atom is -0.397 e. The number of urea groups is 1. The Kier molecular flexibility index (Phi) is 9.07. The zero-order chi connectivity index (χ0) is 30.3. The monoisotopic (exact) mass is 579 g/mol. The van der Waals surface area contributed by atoms with Crippen molar-refractivity contribution in [2.75, 3.05) is 30.7 Å². The number of carbonyl (C=O) groups is 3. The first kappa shape index (κ1) is 29.4. The molecule has 0 aromatic heterocycles. The highest BCUT2D eigenvalue weighted by molar-refractivity contribution is 5.92. The van der Waals surface area contributed by atoms with Crippen molar-refractivity contribution in [1.82, 2.24) is 25.1 Å². The van der Waals surface area contributed by atoms with E-state index < -0.39 is 12.2 Å². The topological polar surface area (TPSA) is 114 Å². The van der Waals surface area contributed by atoms with Gasteiger partial charge in [-0.25, -0.2) is 4.79 Å². The summed E-state index contributed by atoms with van der Waals surface area (Å²) in [4.78, 5) is 44.6. The van der Waals surface area contributed by atoms with Crippen LogP contribution in [0.5, 0.6) is 0 Å². The normalized spacial score (nSPS) is 18.2. The molecular weight excluding hydrogens is 542 g/mol. The van der Waals surface area contributed by atoms with E-state index in [0.29, 0.717) is 24.3 Å². The second-order valence-electron chi connectivity index (χ2n) is 10.5. The van der Waals surface area contributed by atoms with Crippen molar-refractivity contribution in [3.05, 3.63) is 121 Å². The van der Waals surface area contributed by atoms with Crippen LogP contribution in [0, 0.1) is 0 Å². The van der Waals surface area contributed by atoms with E-state index in [4.69, 9.17) is 5.73 Å². The number of carbonyl (C=O) groups excluding carboxylic acids is 3. The van der Waals surface area contributed by atoms with Crippen molar-refractivity contribution < 1.29 is 14.4 Å². The van der Waals surface area contributed by atoms with Crippen LogP contribution >= 0.6 is 0 Å². The van der Waals surface area contributed by atoms with Crippen molar-refractivity contribution in [3.8, 4) is 0 Å². The lowest BCUT2D eigenvalue weighted by Gasteiger charge is -2.46. The zero-order valence-corrected chi connectivity index (χ0v) is 24.1. The summed E-state index contributed by atoms with van der Waals surface area (Å²) in [5.41, 5.74) is 10.2. The lowest BCUT2D eigenvalue weighted by molar-refractivity contribution is -0.157. The fraction of sp³-hybridized carbons (Fsp3) is 0.242. The molecule has 4 N–H and O–H groups in total. The molecular formula is C33H37N7O3. The fourth-order valence-corrected chi connectivity index (χ4v) is 5.75. The Bertz CT molecular complexity index is 1480. The van der Waals surface area contributed by atoms with Gasteiger partial charge < -0.3 is 26.2 Å². The second-order valence-corrected chi connectivity index (χ2v) is 10.5. The van der Waals surface area contributed by atoms with Gasteiger partial charge in [0.25, 0.3) is 0 Å². The van der Waals surface area contributed by atoms with Crippen molar-refractivity contribution in [1.29, 1.82) is 0 Å². The molecule has 0 aliphatic carbocycles. The van der Waals surface area contributed by atoms with Crippen LogP contribution in [0.25, 0.3) is 0 Å². The Morgan fingerprint density at radius 3 is 2.35 bits per heavy atom. The number of nitrogen functional groups attached to an aromatic ring is 1. The van der Waals surface area contributed by atoms with Crippen LogP contribution < -0.4 is 16.4 Å². The number of nitrogens with zero attached hydrogens (tertiary/aromatic N) is 4. The smallest absolute Gasteiger partial charge is 0.332 e. The molecule has 5 rings (SSSR count). The number of anilines is 2. The minimum absolute atomic E-state index is 0.0365. The molecule has 0 bridgehead atoms. The van der Waals surface area contributed by atoms with Gasteiger partial charge in [0.15, 0.2) is 0 Å². The van der Waals surface area contributed by atoms with Crippen LogP contribution in [-0.2, 0) is 29.1 Å². The SMILES string of the molecule is C=CCN(C(=O)NCc1ccccc1)N1CC(=O)N2[C@@H](Cc3ccccc3)C(=O)N(Cc3cccc(N)c3NC=C)C[C@@H]21. The number of fused-ring (bicyclic) bond motifs is 1. The summed E-state index contributed by atoms with van der Waals surface area (Å²) in [5, 5.41) is 9.32. The van der Waals surface area contributed by atoms with Crippen molar-refractivity contribution >= 4 is 29.2 Å². The maximum Gasteiger partial charge on any atom is 0.332 e. The number of benzene rings is 3. The molecule has 0 saturated carbocycles. The summed E-state index contributed by atoms with van der Waals surface area (Å²) >= 11 is 0. The average molecular weight is 580 g/mol. The Hall–Kier alpha value is -5.09. The van der Waals surface area contributed by atoms with Gasteiger partial charge >= 0.3 is 6.03 Å². The first-order valence-corrected chi connectivity index (χ1v) is 14.3. The average Bonchev–Trinajstić information content (AvgIpc) is 3.34. The van der Waals surface area contributed by atoms with Gasteiger partial charge in [0.2, 0.25) is 11.8 Å². The zero-order valence-electron chi connectivity index (χ0n) is 24.1. The third-order valence-electron chi connectivity index (χ3n) is 7.76. The molecule has 0 unspecified atom stereocenters. The Morgan fingerprint density at radius 2 is 1.67 bits per heavy atom. The predicted octanol–water partition coefficient (Wildman–Crippen LogP) is 3.56. The Labute approximate surface area is 252 Å². The third-order valence-corrected chi connectivity index (χ3v) is 7.76. The van der Waals surface area contributed by atoms with Crippen molar-refractivity contribution in [2.45, 2.75) is 31.7 Å². The van der Waals surface area contributed by atoms with Crippen LogP contribution in [0.1, 0.15) is 16.7 Å². The first-order chi connectivity index (χ1) is 20.9. The van der Waals surface area contributed by atoms with E-state index in [-0.39, 0.29) is 44.0 Å². The number of hydrazine groups is 1. The number of hydrogen-bond acceptors (Lipinski definition) is 6. The molecule has 10 nitrogen and oxygen atoms in total. The van der Waals surface area contributed by atoms with Gasteiger partial charge in [0.1, 0.15) is 12.2 Å². The number of para-hydroxylation sites is 1. The summed E-state index contributed by atoms with van der Waals surface area (Å²) in [6.07, 6.45) is 2.97. The van der Waals surface area contributed by atoms with E-state index >= 15 is 0 Å². The van der Waals surface area contributed by atoms with E-state index in [9.17, 15) is 14.4 Å². The Morgan fingerprint density at radius 1 is 0.977 bits per heavy atom. The molecule has 2 heterocycles. The summed E-state index contributed by atoms with van der Waals surface area (Å²) < 4.78 is 0. The third kappa shape index (κ3) is 6.39. The molecule has 2 saturated heterocycles. The molecule has 2 aliphatic rings. The molecule has 222 valence electrons. The molecule has 2 fully saturated rings. The minimum atomic E-state index is -0.742. The predicted molar refractivity (Wildman–Crippen MR) is 167 cm³/mol. The van der Waals surface area contributed by atoms with E-state index in [1.54, 1.807) is 33.2 Å². The highest BCUT2D eigenvalue weighted by Crippen LogP contribution is 2.32. The standard InChI is InChI=1S/C33H37N7O3/c1-3-18-38(33(43)36-20-25-14-9-6-10-15-25)39-23-30(41)40-28(19-24-12-7-5-8-13-24)32(42)37(22-29(39)40)21-26-16-11-17-27(34)31(26)35-4-2/h3-17,28-29,35H,1-2,18-23,34H2,(H,36,43)/t28-,29+/m0/s1. The van der Waals surface area contributed by atoms with E-state index in [2.05, 4.69) is 23.8 Å². The molecule has 2 atom stereocenters. The van der Waals surface area contributed by atoms with Crippen LogP contribution in [0.2, 0.25) is 0 Å².